The number of ether oxygens (including phenoxy) is 1. The zero-order valence-corrected chi connectivity index (χ0v) is 9.55. The summed E-state index contributed by atoms with van der Waals surface area (Å²) in [5, 5.41) is 7.68. The Hall–Kier alpha value is -1.89. The van der Waals surface area contributed by atoms with E-state index in [-0.39, 0.29) is 12.1 Å². The number of morpholine rings is 1. The average molecular weight is 234 g/mol. The Balaban J connectivity index is 2.06. The highest BCUT2D eigenvalue weighted by Crippen LogP contribution is 2.24. The Morgan fingerprint density at radius 2 is 2.41 bits per heavy atom. The van der Waals surface area contributed by atoms with E-state index >= 15 is 0 Å². The number of rotatable bonds is 1. The minimum Gasteiger partial charge on any atom is -0.375 e. The highest BCUT2D eigenvalue weighted by atomic mass is 16.5. The highest BCUT2D eigenvalue weighted by molar-refractivity contribution is 5.87. The molecule has 0 amide bonds. The molecule has 2 aromatic rings. The average Bonchev–Trinajstić information content (AvgIpc) is 2.75. The van der Waals surface area contributed by atoms with E-state index in [2.05, 4.69) is 25.1 Å². The molecular weight excluding hydrogens is 220 g/mol. The Labute approximate surface area is 98.0 Å². The number of nitrogens with two attached hydrogens (primary N) is 1. The number of fused-ring (bicyclic) bond motifs is 1. The number of nitrogens with zero attached hydrogens (tertiary/aromatic N) is 4. The van der Waals surface area contributed by atoms with E-state index in [9.17, 15) is 0 Å². The first-order chi connectivity index (χ1) is 8.24. The van der Waals surface area contributed by atoms with Crippen LogP contribution in [0.4, 0.5) is 11.8 Å². The molecule has 0 bridgehead atoms. The summed E-state index contributed by atoms with van der Waals surface area (Å²) in [6, 6.07) is 0. The predicted molar refractivity (Wildman–Crippen MR) is 63.7 cm³/mol. The molecule has 1 aliphatic heterocycles. The van der Waals surface area contributed by atoms with E-state index in [1.165, 1.54) is 0 Å². The van der Waals surface area contributed by atoms with Crippen LogP contribution in [0, 0.1) is 0 Å². The van der Waals surface area contributed by atoms with Crippen LogP contribution in [-0.4, -0.2) is 46.0 Å². The Bertz CT molecular complexity index is 539. The third-order valence-electron chi connectivity index (χ3n) is 2.85. The van der Waals surface area contributed by atoms with Crippen LogP contribution in [0.1, 0.15) is 6.92 Å². The fourth-order valence-electron chi connectivity index (χ4n) is 2.09. The maximum Gasteiger partial charge on any atom is 0.224 e. The number of aromatic nitrogens is 4. The van der Waals surface area contributed by atoms with Gasteiger partial charge in [-0.1, -0.05) is 0 Å². The highest BCUT2D eigenvalue weighted by Gasteiger charge is 2.21. The van der Waals surface area contributed by atoms with Crippen LogP contribution < -0.4 is 10.6 Å². The van der Waals surface area contributed by atoms with Crippen LogP contribution in [0.5, 0.6) is 0 Å². The van der Waals surface area contributed by atoms with Crippen LogP contribution in [0.2, 0.25) is 0 Å². The summed E-state index contributed by atoms with van der Waals surface area (Å²) in [5.41, 5.74) is 6.37. The van der Waals surface area contributed by atoms with Gasteiger partial charge >= 0.3 is 0 Å². The van der Waals surface area contributed by atoms with Gasteiger partial charge in [-0.2, -0.15) is 15.1 Å². The van der Waals surface area contributed by atoms with Crippen molar-refractivity contribution in [3.05, 3.63) is 6.20 Å². The second kappa shape index (κ2) is 3.85. The topological polar surface area (TPSA) is 93.0 Å². The normalized spacial score (nSPS) is 21.0. The molecule has 1 atom stereocenters. The zero-order valence-electron chi connectivity index (χ0n) is 9.55. The van der Waals surface area contributed by atoms with Gasteiger partial charge < -0.3 is 15.4 Å². The molecule has 3 heterocycles. The first-order valence-electron chi connectivity index (χ1n) is 5.57. The Morgan fingerprint density at radius 1 is 1.53 bits per heavy atom. The number of hydrogen-bond acceptors (Lipinski definition) is 6. The minimum atomic E-state index is 0.196. The molecular formula is C10H14N6O. The summed E-state index contributed by atoms with van der Waals surface area (Å²) < 4.78 is 5.51. The monoisotopic (exact) mass is 234 g/mol. The van der Waals surface area contributed by atoms with Gasteiger partial charge in [-0.25, -0.2) is 0 Å². The minimum absolute atomic E-state index is 0.196. The summed E-state index contributed by atoms with van der Waals surface area (Å²) in [7, 11) is 0. The van der Waals surface area contributed by atoms with Crippen LogP contribution in [-0.2, 0) is 4.74 Å². The summed E-state index contributed by atoms with van der Waals surface area (Å²) >= 11 is 0. The van der Waals surface area contributed by atoms with Crippen LogP contribution in [0.25, 0.3) is 11.0 Å². The first kappa shape index (κ1) is 10.3. The molecule has 3 N–H and O–H groups in total. The van der Waals surface area contributed by atoms with E-state index < -0.39 is 0 Å². The van der Waals surface area contributed by atoms with Crippen molar-refractivity contribution in [3.63, 3.8) is 0 Å². The van der Waals surface area contributed by atoms with Gasteiger partial charge in [0.2, 0.25) is 5.95 Å². The molecule has 3 rings (SSSR count). The molecule has 1 aliphatic rings. The van der Waals surface area contributed by atoms with Gasteiger partial charge in [-0.05, 0) is 6.92 Å². The number of anilines is 2. The van der Waals surface area contributed by atoms with Crippen molar-refractivity contribution in [1.29, 1.82) is 0 Å². The lowest BCUT2D eigenvalue weighted by Gasteiger charge is -2.32. The number of nitrogens with one attached hydrogen (secondary N) is 1. The van der Waals surface area contributed by atoms with E-state index in [4.69, 9.17) is 10.5 Å². The molecule has 0 saturated carbocycles. The van der Waals surface area contributed by atoms with Gasteiger partial charge in [0.25, 0.3) is 0 Å². The van der Waals surface area contributed by atoms with Gasteiger partial charge in [0, 0.05) is 13.1 Å². The molecule has 0 spiro atoms. The maximum atomic E-state index is 5.70. The zero-order chi connectivity index (χ0) is 11.8. The summed E-state index contributed by atoms with van der Waals surface area (Å²) in [6.07, 6.45) is 1.92. The number of aromatic amines is 1. The Kier molecular flexibility index (Phi) is 2.32. The fraction of sp³-hybridized carbons (Fsp3) is 0.500. The van der Waals surface area contributed by atoms with Gasteiger partial charge in [-0.15, -0.1) is 0 Å². The number of hydrogen-bond donors (Lipinski definition) is 2. The molecule has 0 aliphatic carbocycles. The van der Waals surface area contributed by atoms with E-state index in [1.54, 1.807) is 6.20 Å². The van der Waals surface area contributed by atoms with Crippen LogP contribution in [0.3, 0.4) is 0 Å². The van der Waals surface area contributed by atoms with Gasteiger partial charge in [0.15, 0.2) is 5.65 Å². The van der Waals surface area contributed by atoms with Crippen molar-refractivity contribution in [2.24, 2.45) is 0 Å². The SMILES string of the molecule is CC1CN(c2nc(N)nc3[nH]ncc23)CCO1. The van der Waals surface area contributed by atoms with Crippen molar-refractivity contribution in [2.45, 2.75) is 13.0 Å². The lowest BCUT2D eigenvalue weighted by Crippen LogP contribution is -2.41. The second-order valence-corrected chi connectivity index (χ2v) is 4.17. The predicted octanol–water partition coefficient (Wildman–Crippen LogP) is 0.160. The summed E-state index contributed by atoms with van der Waals surface area (Å²) in [6.45, 7) is 4.35. The van der Waals surface area contributed by atoms with E-state index in [0.29, 0.717) is 12.3 Å². The van der Waals surface area contributed by atoms with E-state index in [0.717, 1.165) is 24.3 Å². The van der Waals surface area contributed by atoms with E-state index in [1.807, 2.05) is 6.92 Å². The lowest BCUT2D eigenvalue weighted by molar-refractivity contribution is 0.0530. The van der Waals surface area contributed by atoms with Gasteiger partial charge in [0.05, 0.1) is 24.3 Å². The molecule has 1 unspecified atom stereocenters. The van der Waals surface area contributed by atoms with Crippen LogP contribution in [0.15, 0.2) is 6.20 Å². The molecule has 90 valence electrons. The number of nitrogen functional groups attached to an aromatic ring is 1. The molecule has 17 heavy (non-hydrogen) atoms. The Morgan fingerprint density at radius 3 is 3.24 bits per heavy atom. The van der Waals surface area contributed by atoms with Gasteiger partial charge in [-0.3, -0.25) is 5.10 Å². The number of H-pyrrole nitrogens is 1. The second-order valence-electron chi connectivity index (χ2n) is 4.17. The molecule has 1 fully saturated rings. The summed E-state index contributed by atoms with van der Waals surface area (Å²) in [4.78, 5) is 10.6. The molecule has 7 heteroatoms. The molecule has 0 radical (unpaired) electrons. The molecule has 0 aromatic carbocycles. The quantitative estimate of drug-likeness (QED) is 0.730. The van der Waals surface area contributed by atoms with Crippen molar-refractivity contribution in [2.75, 3.05) is 30.3 Å². The summed E-state index contributed by atoms with van der Waals surface area (Å²) in [5.74, 6) is 1.09. The lowest BCUT2D eigenvalue weighted by atomic mass is 10.2. The van der Waals surface area contributed by atoms with Gasteiger partial charge in [0.1, 0.15) is 5.82 Å². The third kappa shape index (κ3) is 1.78. The van der Waals surface area contributed by atoms with Crippen molar-refractivity contribution >= 4 is 22.8 Å². The smallest absolute Gasteiger partial charge is 0.224 e. The van der Waals surface area contributed by atoms with Crippen molar-refractivity contribution in [1.82, 2.24) is 20.2 Å². The molecule has 1 saturated heterocycles. The maximum absolute atomic E-state index is 5.70. The molecule has 7 nitrogen and oxygen atoms in total. The van der Waals surface area contributed by atoms with Crippen molar-refractivity contribution < 1.29 is 4.74 Å². The first-order valence-corrected chi connectivity index (χ1v) is 5.57. The fourth-order valence-corrected chi connectivity index (χ4v) is 2.09. The molecule has 2 aromatic heterocycles. The standard InChI is InChI=1S/C10H14N6O/c1-6-5-16(2-3-17-6)9-7-4-12-15-8(7)13-10(11)14-9/h4,6H,2-3,5H2,1H3,(H3,11,12,13,14,15). The van der Waals surface area contributed by atoms with Crippen LogP contribution >= 0.6 is 0 Å². The van der Waals surface area contributed by atoms with Crippen molar-refractivity contribution in [3.8, 4) is 0 Å². The largest absolute Gasteiger partial charge is 0.375 e. The third-order valence-corrected chi connectivity index (χ3v) is 2.85.